The van der Waals surface area contributed by atoms with E-state index in [2.05, 4.69) is 27.0 Å². The molecule has 0 radical (unpaired) electrons. The smallest absolute Gasteiger partial charge is 0.163 e. The van der Waals surface area contributed by atoms with Crippen molar-refractivity contribution < 1.29 is 4.74 Å². The number of nitrogens with zero attached hydrogens (tertiary/aromatic N) is 3. The maximum atomic E-state index is 5.73. The van der Waals surface area contributed by atoms with E-state index in [0.29, 0.717) is 0 Å². The average molecular weight is 222 g/mol. The number of morpholine rings is 1. The molecule has 1 N–H and O–H groups in total. The Hall–Kier alpha value is -0.940. The van der Waals surface area contributed by atoms with Crippen molar-refractivity contribution in [1.29, 1.82) is 0 Å². The summed E-state index contributed by atoms with van der Waals surface area (Å²) >= 11 is 0. The molecule has 1 fully saturated rings. The molecular formula is C11H18N4O. The van der Waals surface area contributed by atoms with Gasteiger partial charge in [0.25, 0.3) is 0 Å². The second-order valence-electron chi connectivity index (χ2n) is 4.79. The maximum absolute atomic E-state index is 5.73. The Morgan fingerprint density at radius 3 is 3.19 bits per heavy atom. The van der Waals surface area contributed by atoms with E-state index in [1.54, 1.807) is 0 Å². The third-order valence-corrected chi connectivity index (χ3v) is 3.45. The first-order chi connectivity index (χ1) is 7.84. The van der Waals surface area contributed by atoms with Crippen molar-refractivity contribution in [2.75, 3.05) is 19.7 Å². The lowest BCUT2D eigenvalue weighted by Gasteiger charge is -2.26. The van der Waals surface area contributed by atoms with Gasteiger partial charge in [0.1, 0.15) is 11.9 Å². The van der Waals surface area contributed by atoms with E-state index in [-0.39, 0.29) is 6.10 Å². The summed E-state index contributed by atoms with van der Waals surface area (Å²) in [7, 11) is 0. The molecule has 88 valence electrons. The highest BCUT2D eigenvalue weighted by atomic mass is 16.5. The molecular weight excluding hydrogens is 204 g/mol. The van der Waals surface area contributed by atoms with Crippen LogP contribution in [0.2, 0.25) is 0 Å². The lowest BCUT2D eigenvalue weighted by molar-refractivity contribution is 0.0192. The summed E-state index contributed by atoms with van der Waals surface area (Å²) in [5, 5.41) is 11.9. The van der Waals surface area contributed by atoms with Gasteiger partial charge in [-0.3, -0.25) is 0 Å². The van der Waals surface area contributed by atoms with Crippen LogP contribution in [0.4, 0.5) is 0 Å². The molecule has 1 aromatic heterocycles. The molecule has 2 unspecified atom stereocenters. The predicted molar refractivity (Wildman–Crippen MR) is 59.1 cm³/mol. The van der Waals surface area contributed by atoms with E-state index >= 15 is 0 Å². The standard InChI is InChI=1S/C11H18N4O/c1-8-2-4-15-10(6-8)13-14-11(15)9-7-12-3-5-16-9/h8-9,12H,2-7H2,1H3. The van der Waals surface area contributed by atoms with Crippen molar-refractivity contribution in [3.8, 4) is 0 Å². The van der Waals surface area contributed by atoms with Crippen LogP contribution in [-0.2, 0) is 17.7 Å². The van der Waals surface area contributed by atoms with Crippen molar-refractivity contribution in [3.63, 3.8) is 0 Å². The van der Waals surface area contributed by atoms with Gasteiger partial charge in [-0.2, -0.15) is 0 Å². The first-order valence-electron chi connectivity index (χ1n) is 6.09. The molecule has 0 aliphatic carbocycles. The van der Waals surface area contributed by atoms with Crippen molar-refractivity contribution in [2.45, 2.75) is 32.4 Å². The van der Waals surface area contributed by atoms with Crippen LogP contribution in [0.15, 0.2) is 0 Å². The Bertz CT molecular complexity index is 370. The van der Waals surface area contributed by atoms with Gasteiger partial charge in [-0.1, -0.05) is 6.92 Å². The lowest BCUT2D eigenvalue weighted by Crippen LogP contribution is -2.35. The van der Waals surface area contributed by atoms with Gasteiger partial charge in [0.15, 0.2) is 5.82 Å². The average Bonchev–Trinajstić information content (AvgIpc) is 2.73. The molecule has 0 saturated carbocycles. The molecule has 0 bridgehead atoms. The van der Waals surface area contributed by atoms with Gasteiger partial charge in [0.2, 0.25) is 0 Å². The molecule has 3 rings (SSSR count). The molecule has 0 spiro atoms. The SMILES string of the molecule is CC1CCn2c(nnc2C2CNCCO2)C1. The van der Waals surface area contributed by atoms with Crippen LogP contribution >= 0.6 is 0 Å². The lowest BCUT2D eigenvalue weighted by atomic mass is 10.0. The molecule has 3 heterocycles. The van der Waals surface area contributed by atoms with Crippen LogP contribution in [0.3, 0.4) is 0 Å². The molecule has 0 aromatic carbocycles. The van der Waals surface area contributed by atoms with Crippen molar-refractivity contribution in [3.05, 3.63) is 11.6 Å². The van der Waals surface area contributed by atoms with E-state index in [0.717, 1.165) is 50.2 Å². The molecule has 5 nitrogen and oxygen atoms in total. The Labute approximate surface area is 95.2 Å². The van der Waals surface area contributed by atoms with E-state index in [9.17, 15) is 0 Å². The maximum Gasteiger partial charge on any atom is 0.163 e. The van der Waals surface area contributed by atoms with E-state index in [1.165, 1.54) is 6.42 Å². The molecule has 2 atom stereocenters. The number of hydrogen-bond donors (Lipinski definition) is 1. The Balaban J connectivity index is 1.85. The quantitative estimate of drug-likeness (QED) is 0.752. The zero-order chi connectivity index (χ0) is 11.0. The minimum Gasteiger partial charge on any atom is -0.368 e. The van der Waals surface area contributed by atoms with Gasteiger partial charge >= 0.3 is 0 Å². The van der Waals surface area contributed by atoms with Gasteiger partial charge < -0.3 is 14.6 Å². The summed E-state index contributed by atoms with van der Waals surface area (Å²) in [5.74, 6) is 2.87. The molecule has 2 aliphatic heterocycles. The zero-order valence-corrected chi connectivity index (χ0v) is 9.65. The van der Waals surface area contributed by atoms with E-state index in [4.69, 9.17) is 4.74 Å². The number of ether oxygens (including phenoxy) is 1. The fourth-order valence-corrected chi connectivity index (χ4v) is 2.48. The third-order valence-electron chi connectivity index (χ3n) is 3.45. The monoisotopic (exact) mass is 222 g/mol. The summed E-state index contributed by atoms with van der Waals surface area (Å²) < 4.78 is 7.98. The van der Waals surface area contributed by atoms with Gasteiger partial charge in [-0.05, 0) is 12.3 Å². The Morgan fingerprint density at radius 1 is 1.44 bits per heavy atom. The highest BCUT2D eigenvalue weighted by Crippen LogP contribution is 2.24. The third kappa shape index (κ3) is 1.74. The van der Waals surface area contributed by atoms with E-state index < -0.39 is 0 Å². The first-order valence-corrected chi connectivity index (χ1v) is 6.09. The number of hydrogen-bond acceptors (Lipinski definition) is 4. The predicted octanol–water partition coefficient (Wildman–Crippen LogP) is 0.521. The summed E-state index contributed by atoms with van der Waals surface area (Å²) in [6.07, 6.45) is 2.36. The number of aromatic nitrogens is 3. The second-order valence-corrected chi connectivity index (χ2v) is 4.79. The van der Waals surface area contributed by atoms with Crippen LogP contribution in [-0.4, -0.2) is 34.5 Å². The largest absolute Gasteiger partial charge is 0.368 e. The summed E-state index contributed by atoms with van der Waals surface area (Å²) in [5.41, 5.74) is 0. The Morgan fingerprint density at radius 2 is 2.38 bits per heavy atom. The first kappa shape index (κ1) is 10.2. The van der Waals surface area contributed by atoms with E-state index in [1.807, 2.05) is 0 Å². The summed E-state index contributed by atoms with van der Waals surface area (Å²) in [6.45, 7) is 5.88. The zero-order valence-electron chi connectivity index (χ0n) is 9.65. The molecule has 1 aromatic rings. The molecule has 2 aliphatic rings. The fourth-order valence-electron chi connectivity index (χ4n) is 2.48. The highest BCUT2D eigenvalue weighted by molar-refractivity contribution is 5.04. The summed E-state index contributed by atoms with van der Waals surface area (Å²) in [6, 6.07) is 0. The fraction of sp³-hybridized carbons (Fsp3) is 0.818. The molecule has 5 heteroatoms. The minimum absolute atomic E-state index is 0.0865. The normalized spacial score (nSPS) is 30.1. The minimum atomic E-state index is 0.0865. The van der Waals surface area contributed by atoms with Crippen LogP contribution in [0, 0.1) is 5.92 Å². The van der Waals surface area contributed by atoms with Gasteiger partial charge in [-0.15, -0.1) is 10.2 Å². The van der Waals surface area contributed by atoms with Gasteiger partial charge in [0, 0.05) is 26.1 Å². The molecule has 16 heavy (non-hydrogen) atoms. The molecule has 1 saturated heterocycles. The van der Waals surface area contributed by atoms with Crippen LogP contribution in [0.1, 0.15) is 31.1 Å². The number of fused-ring (bicyclic) bond motifs is 1. The number of nitrogens with one attached hydrogen (secondary N) is 1. The van der Waals surface area contributed by atoms with Gasteiger partial charge in [-0.25, -0.2) is 0 Å². The van der Waals surface area contributed by atoms with Gasteiger partial charge in [0.05, 0.1) is 6.61 Å². The highest BCUT2D eigenvalue weighted by Gasteiger charge is 2.26. The van der Waals surface area contributed by atoms with Crippen LogP contribution < -0.4 is 5.32 Å². The van der Waals surface area contributed by atoms with Crippen molar-refractivity contribution in [2.24, 2.45) is 5.92 Å². The summed E-state index contributed by atoms with van der Waals surface area (Å²) in [4.78, 5) is 0. The van der Waals surface area contributed by atoms with Crippen LogP contribution in [0.25, 0.3) is 0 Å². The topological polar surface area (TPSA) is 52.0 Å². The van der Waals surface area contributed by atoms with Crippen LogP contribution in [0.5, 0.6) is 0 Å². The Kier molecular flexibility index (Phi) is 2.65. The van der Waals surface area contributed by atoms with Crippen molar-refractivity contribution >= 4 is 0 Å². The molecule has 0 amide bonds. The second kappa shape index (κ2) is 4.14. The van der Waals surface area contributed by atoms with Crippen molar-refractivity contribution in [1.82, 2.24) is 20.1 Å². The number of rotatable bonds is 1.